The highest BCUT2D eigenvalue weighted by atomic mass is 35.5. The molecule has 0 bridgehead atoms. The molecule has 0 saturated carbocycles. The van der Waals surface area contributed by atoms with Gasteiger partial charge < -0.3 is 5.32 Å². The van der Waals surface area contributed by atoms with Crippen LogP contribution in [-0.2, 0) is 16.0 Å². The van der Waals surface area contributed by atoms with Crippen LogP contribution < -0.4 is 10.2 Å². The summed E-state index contributed by atoms with van der Waals surface area (Å²) in [6.45, 7) is 2.08. The van der Waals surface area contributed by atoms with Gasteiger partial charge in [0, 0.05) is 15.7 Å². The van der Waals surface area contributed by atoms with E-state index in [1.807, 2.05) is 24.3 Å². The summed E-state index contributed by atoms with van der Waals surface area (Å²) in [6, 6.07) is 21.3. The van der Waals surface area contributed by atoms with Crippen molar-refractivity contribution in [2.45, 2.75) is 13.3 Å². The second-order valence-corrected chi connectivity index (χ2v) is 7.73. The molecule has 0 spiro atoms. The van der Waals surface area contributed by atoms with Gasteiger partial charge in [0.05, 0.1) is 11.3 Å². The molecule has 0 atom stereocenters. The fourth-order valence-electron chi connectivity index (χ4n) is 3.35. The van der Waals surface area contributed by atoms with Crippen LogP contribution in [0.5, 0.6) is 0 Å². The Morgan fingerprint density at radius 1 is 0.833 bits per heavy atom. The lowest BCUT2D eigenvalue weighted by molar-refractivity contribution is -0.120. The minimum absolute atomic E-state index is 0.214. The number of hydrogen-bond donors (Lipinski definition) is 1. The second-order valence-electron chi connectivity index (χ2n) is 6.86. The number of nitrogens with one attached hydrogen (secondary N) is 1. The average Bonchev–Trinajstić information content (AvgIpc) is 2.99. The first-order chi connectivity index (χ1) is 14.5. The van der Waals surface area contributed by atoms with E-state index in [2.05, 4.69) is 12.2 Å². The van der Waals surface area contributed by atoms with Crippen molar-refractivity contribution in [1.29, 1.82) is 0 Å². The summed E-state index contributed by atoms with van der Waals surface area (Å²) in [5.74, 6) is -0.857. The van der Waals surface area contributed by atoms with Gasteiger partial charge in [-0.3, -0.25) is 9.59 Å². The summed E-state index contributed by atoms with van der Waals surface area (Å²) >= 11 is 12.1. The van der Waals surface area contributed by atoms with Crippen molar-refractivity contribution in [1.82, 2.24) is 0 Å². The molecule has 1 aliphatic heterocycles. The number of carbonyl (C=O) groups is 2. The average molecular weight is 437 g/mol. The molecule has 0 unspecified atom stereocenters. The summed E-state index contributed by atoms with van der Waals surface area (Å²) in [6.07, 6.45) is 0.916. The second kappa shape index (κ2) is 8.34. The van der Waals surface area contributed by atoms with Crippen molar-refractivity contribution in [2.24, 2.45) is 0 Å². The van der Waals surface area contributed by atoms with Gasteiger partial charge in [0.25, 0.3) is 11.8 Å². The van der Waals surface area contributed by atoms with Crippen LogP contribution in [0.1, 0.15) is 18.1 Å². The van der Waals surface area contributed by atoms with Gasteiger partial charge in [-0.25, -0.2) is 4.90 Å². The third-order valence-corrected chi connectivity index (χ3v) is 5.40. The number of hydrogen-bond acceptors (Lipinski definition) is 3. The number of halogens is 2. The number of rotatable bonds is 5. The molecule has 6 heteroatoms. The first-order valence-corrected chi connectivity index (χ1v) is 10.2. The highest BCUT2D eigenvalue weighted by molar-refractivity contribution is 6.46. The van der Waals surface area contributed by atoms with Crippen molar-refractivity contribution in [3.63, 3.8) is 0 Å². The molecule has 1 heterocycles. The van der Waals surface area contributed by atoms with E-state index < -0.39 is 11.8 Å². The van der Waals surface area contributed by atoms with Crippen LogP contribution in [0.2, 0.25) is 10.0 Å². The van der Waals surface area contributed by atoms with Crippen molar-refractivity contribution in [3.8, 4) is 0 Å². The number of anilines is 2. The van der Waals surface area contributed by atoms with Crippen LogP contribution in [0.15, 0.2) is 78.5 Å². The molecular weight excluding hydrogens is 419 g/mol. The lowest BCUT2D eigenvalue weighted by Gasteiger charge is -2.15. The molecule has 4 nitrogen and oxygen atoms in total. The lowest BCUT2D eigenvalue weighted by Crippen LogP contribution is -2.32. The molecule has 0 fully saturated rings. The van der Waals surface area contributed by atoms with Crippen molar-refractivity contribution in [3.05, 3.63) is 99.7 Å². The van der Waals surface area contributed by atoms with Crippen molar-refractivity contribution in [2.75, 3.05) is 10.2 Å². The Labute approximate surface area is 184 Å². The van der Waals surface area contributed by atoms with Crippen LogP contribution in [0.4, 0.5) is 11.4 Å². The Morgan fingerprint density at radius 3 is 2.17 bits per heavy atom. The normalized spacial score (nSPS) is 13.9. The Kier molecular flexibility index (Phi) is 5.62. The first kappa shape index (κ1) is 20.2. The number of benzene rings is 3. The van der Waals surface area contributed by atoms with Gasteiger partial charge in [0.1, 0.15) is 5.70 Å². The standard InChI is InChI=1S/C24H18Cl2N2O2/c1-2-15-6-12-19(13-7-15)27-22-21(16-8-10-17(25)11-9-16)23(29)28(24(22)30)20-5-3-4-18(26)14-20/h3-14,27H,2H2,1H3. The van der Waals surface area contributed by atoms with E-state index in [1.54, 1.807) is 48.5 Å². The van der Waals surface area contributed by atoms with E-state index in [-0.39, 0.29) is 11.3 Å². The van der Waals surface area contributed by atoms with E-state index in [1.165, 1.54) is 5.56 Å². The maximum atomic E-state index is 13.3. The monoisotopic (exact) mass is 436 g/mol. The molecule has 0 aromatic heterocycles. The van der Waals surface area contributed by atoms with Gasteiger partial charge in [0.2, 0.25) is 0 Å². The summed E-state index contributed by atoms with van der Waals surface area (Å²) < 4.78 is 0. The Hall–Kier alpha value is -3.08. The van der Waals surface area contributed by atoms with Gasteiger partial charge >= 0.3 is 0 Å². The predicted octanol–water partition coefficient (Wildman–Crippen LogP) is 5.95. The zero-order valence-electron chi connectivity index (χ0n) is 16.2. The van der Waals surface area contributed by atoms with Crippen LogP contribution in [-0.4, -0.2) is 11.8 Å². The van der Waals surface area contributed by atoms with Gasteiger partial charge in [-0.05, 0) is 60.0 Å². The molecule has 1 aliphatic rings. The Bertz CT molecular complexity index is 1150. The highest BCUT2D eigenvalue weighted by Crippen LogP contribution is 2.35. The quantitative estimate of drug-likeness (QED) is 0.502. The maximum Gasteiger partial charge on any atom is 0.282 e. The van der Waals surface area contributed by atoms with Gasteiger partial charge in [-0.1, -0.05) is 60.5 Å². The summed E-state index contributed by atoms with van der Waals surface area (Å²) in [7, 11) is 0. The third kappa shape index (κ3) is 3.84. The van der Waals surface area contributed by atoms with Gasteiger partial charge in [-0.15, -0.1) is 0 Å². The smallest absolute Gasteiger partial charge is 0.282 e. The fourth-order valence-corrected chi connectivity index (χ4v) is 3.66. The number of nitrogens with zero attached hydrogens (tertiary/aromatic N) is 1. The van der Waals surface area contributed by atoms with E-state index in [9.17, 15) is 9.59 Å². The van der Waals surface area contributed by atoms with E-state index in [0.717, 1.165) is 17.0 Å². The van der Waals surface area contributed by atoms with Gasteiger partial charge in [-0.2, -0.15) is 0 Å². The molecule has 3 aromatic rings. The molecule has 0 saturated heterocycles. The van der Waals surface area contributed by atoms with Crippen LogP contribution in [0, 0.1) is 0 Å². The van der Waals surface area contributed by atoms with E-state index in [4.69, 9.17) is 23.2 Å². The fraction of sp³-hybridized carbons (Fsp3) is 0.0833. The zero-order valence-corrected chi connectivity index (χ0v) is 17.7. The lowest BCUT2D eigenvalue weighted by atomic mass is 10.0. The molecule has 3 aromatic carbocycles. The SMILES string of the molecule is CCc1ccc(NC2=C(c3ccc(Cl)cc3)C(=O)N(c3cccc(Cl)c3)C2=O)cc1. The highest BCUT2D eigenvalue weighted by Gasteiger charge is 2.40. The molecule has 30 heavy (non-hydrogen) atoms. The topological polar surface area (TPSA) is 49.4 Å². The summed E-state index contributed by atoms with van der Waals surface area (Å²) in [5.41, 5.74) is 3.43. The summed E-state index contributed by atoms with van der Waals surface area (Å²) in [4.78, 5) is 27.8. The van der Waals surface area contributed by atoms with E-state index in [0.29, 0.717) is 21.3 Å². The molecule has 0 aliphatic carbocycles. The minimum Gasteiger partial charge on any atom is -0.350 e. The minimum atomic E-state index is -0.438. The number of carbonyl (C=O) groups excluding carboxylic acids is 2. The number of aryl methyl sites for hydroxylation is 1. The van der Waals surface area contributed by atoms with Crippen LogP contribution in [0.3, 0.4) is 0 Å². The largest absolute Gasteiger partial charge is 0.350 e. The molecule has 150 valence electrons. The first-order valence-electron chi connectivity index (χ1n) is 9.48. The molecule has 2 amide bonds. The Morgan fingerprint density at radius 2 is 1.53 bits per heavy atom. The molecule has 0 radical (unpaired) electrons. The van der Waals surface area contributed by atoms with E-state index >= 15 is 0 Å². The number of imide groups is 1. The molecule has 1 N–H and O–H groups in total. The van der Waals surface area contributed by atoms with Crippen molar-refractivity contribution >= 4 is 52.0 Å². The number of amides is 2. The maximum absolute atomic E-state index is 13.3. The van der Waals surface area contributed by atoms with Crippen molar-refractivity contribution < 1.29 is 9.59 Å². The zero-order chi connectivity index (χ0) is 21.3. The van der Waals surface area contributed by atoms with Crippen LogP contribution >= 0.6 is 23.2 Å². The molecule has 4 rings (SSSR count). The predicted molar refractivity (Wildman–Crippen MR) is 122 cm³/mol. The van der Waals surface area contributed by atoms with Crippen LogP contribution in [0.25, 0.3) is 5.57 Å². The Balaban J connectivity index is 1.80. The van der Waals surface area contributed by atoms with Gasteiger partial charge in [0.15, 0.2) is 0 Å². The third-order valence-electron chi connectivity index (χ3n) is 4.91. The summed E-state index contributed by atoms with van der Waals surface area (Å²) in [5, 5.41) is 4.14. The molecular formula is C24H18Cl2N2O2.